The van der Waals surface area contributed by atoms with Crippen LogP contribution in [0, 0.1) is 0 Å². The Bertz CT molecular complexity index is 1670. The highest BCUT2D eigenvalue weighted by molar-refractivity contribution is 6.46. The summed E-state index contributed by atoms with van der Waals surface area (Å²) in [6.45, 7) is 0.414. The van der Waals surface area contributed by atoms with Crippen molar-refractivity contribution in [2.45, 2.75) is 6.54 Å². The fourth-order valence-corrected chi connectivity index (χ4v) is 4.71. The van der Waals surface area contributed by atoms with E-state index in [1.54, 1.807) is 30.5 Å². The van der Waals surface area contributed by atoms with Gasteiger partial charge in [0.25, 0.3) is 11.8 Å². The fourth-order valence-electron chi connectivity index (χ4n) is 4.33. The smallest absolute Gasteiger partial charge is 0.337 e. The Kier molecular flexibility index (Phi) is 6.75. The lowest BCUT2D eigenvalue weighted by Gasteiger charge is -2.27. The van der Waals surface area contributed by atoms with Crippen LogP contribution in [0.15, 0.2) is 78.5 Å². The molecule has 1 aromatic heterocycles. The van der Waals surface area contributed by atoms with E-state index in [4.69, 9.17) is 27.9 Å². The lowest BCUT2D eigenvalue weighted by molar-refractivity contribution is -0.122. The molecule has 1 fully saturated rings. The molecule has 4 amide bonds. The number of hydrogen-bond acceptors (Lipinski definition) is 5. The van der Waals surface area contributed by atoms with Crippen LogP contribution < -0.4 is 10.2 Å². The van der Waals surface area contributed by atoms with Gasteiger partial charge in [-0.15, -0.1) is 0 Å². The van der Waals surface area contributed by atoms with E-state index in [2.05, 4.69) is 5.32 Å². The third-order valence-corrected chi connectivity index (χ3v) is 6.90. The first-order valence-corrected chi connectivity index (χ1v) is 12.1. The molecular formula is C28H19Cl2N3O5. The number of benzene rings is 3. The number of nitrogens with zero attached hydrogens (tertiary/aromatic N) is 2. The number of aromatic nitrogens is 1. The molecule has 1 N–H and O–H groups in total. The second kappa shape index (κ2) is 10.2. The zero-order valence-electron chi connectivity index (χ0n) is 19.9. The predicted molar refractivity (Wildman–Crippen MR) is 144 cm³/mol. The van der Waals surface area contributed by atoms with Gasteiger partial charge in [0.15, 0.2) is 0 Å². The summed E-state index contributed by atoms with van der Waals surface area (Å²) in [5, 5.41) is 3.16. The number of anilines is 1. The van der Waals surface area contributed by atoms with Crippen LogP contribution in [-0.4, -0.2) is 35.5 Å². The number of esters is 1. The topological polar surface area (TPSA) is 97.7 Å². The minimum atomic E-state index is -0.922. The Labute approximate surface area is 227 Å². The van der Waals surface area contributed by atoms with Crippen LogP contribution in [0.3, 0.4) is 0 Å². The molecule has 0 saturated carbocycles. The first-order valence-electron chi connectivity index (χ1n) is 11.4. The van der Waals surface area contributed by atoms with Crippen molar-refractivity contribution in [2.75, 3.05) is 12.0 Å². The van der Waals surface area contributed by atoms with Gasteiger partial charge in [0, 0.05) is 29.2 Å². The third-order valence-electron chi connectivity index (χ3n) is 6.09. The standard InChI is InChI=1S/C28H19Cl2N3O5/c1-38-27(36)17-7-4-6-16(12-17)14-32-15-18(19-8-2-3-10-22(19)32)13-20-25(34)31-28(37)33(26(20)35)23-11-5-9-21(29)24(23)30/h2-13,15H,14H2,1H3,(H,31,34,37)/b20-13+. The van der Waals surface area contributed by atoms with Crippen LogP contribution in [0.2, 0.25) is 10.0 Å². The Hall–Kier alpha value is -4.40. The molecule has 190 valence electrons. The Morgan fingerprint density at radius 2 is 1.76 bits per heavy atom. The number of methoxy groups -OCH3 is 1. The highest BCUT2D eigenvalue weighted by Gasteiger charge is 2.38. The molecule has 1 saturated heterocycles. The van der Waals surface area contributed by atoms with Crippen LogP contribution in [0.5, 0.6) is 0 Å². The normalized spacial score (nSPS) is 14.8. The summed E-state index contributed by atoms with van der Waals surface area (Å²) >= 11 is 12.3. The van der Waals surface area contributed by atoms with Crippen LogP contribution in [0.4, 0.5) is 10.5 Å². The van der Waals surface area contributed by atoms with E-state index in [9.17, 15) is 19.2 Å². The second-order valence-corrected chi connectivity index (χ2v) is 9.24. The van der Waals surface area contributed by atoms with Gasteiger partial charge in [0.05, 0.1) is 28.4 Å². The maximum Gasteiger partial charge on any atom is 0.337 e. The molecule has 0 unspecified atom stereocenters. The fraction of sp³-hybridized carbons (Fsp3) is 0.0714. The molecule has 3 aromatic carbocycles. The van der Waals surface area contributed by atoms with E-state index in [-0.39, 0.29) is 21.3 Å². The number of urea groups is 1. The summed E-state index contributed by atoms with van der Waals surface area (Å²) in [6, 6.07) is 18.2. The second-order valence-electron chi connectivity index (χ2n) is 8.45. The van der Waals surface area contributed by atoms with Crippen molar-refractivity contribution in [2.24, 2.45) is 0 Å². The van der Waals surface area contributed by atoms with Gasteiger partial charge in [-0.3, -0.25) is 14.9 Å². The molecule has 0 aliphatic carbocycles. The molecular weight excluding hydrogens is 529 g/mol. The van der Waals surface area contributed by atoms with Gasteiger partial charge in [-0.05, 0) is 42.0 Å². The predicted octanol–water partition coefficient (Wildman–Crippen LogP) is 5.45. The Morgan fingerprint density at radius 3 is 2.55 bits per heavy atom. The number of halogens is 2. The van der Waals surface area contributed by atoms with Gasteiger partial charge < -0.3 is 9.30 Å². The summed E-state index contributed by atoms with van der Waals surface area (Å²) in [4.78, 5) is 51.5. The maximum atomic E-state index is 13.4. The van der Waals surface area contributed by atoms with E-state index in [0.29, 0.717) is 17.7 Å². The van der Waals surface area contributed by atoms with Crippen molar-refractivity contribution in [1.82, 2.24) is 9.88 Å². The maximum absolute atomic E-state index is 13.4. The first-order chi connectivity index (χ1) is 18.3. The van der Waals surface area contributed by atoms with E-state index < -0.39 is 23.8 Å². The van der Waals surface area contributed by atoms with Gasteiger partial charge in [0.1, 0.15) is 5.57 Å². The molecule has 10 heteroatoms. The third kappa shape index (κ3) is 4.55. The van der Waals surface area contributed by atoms with E-state index >= 15 is 0 Å². The minimum absolute atomic E-state index is 0.0113. The molecule has 38 heavy (non-hydrogen) atoms. The molecule has 5 rings (SSSR count). The number of fused-ring (bicyclic) bond motifs is 1. The minimum Gasteiger partial charge on any atom is -0.465 e. The first kappa shape index (κ1) is 25.3. The number of rotatable bonds is 5. The van der Waals surface area contributed by atoms with Crippen LogP contribution >= 0.6 is 23.2 Å². The monoisotopic (exact) mass is 547 g/mol. The summed E-state index contributed by atoms with van der Waals surface area (Å²) in [5.41, 5.74) is 2.54. The largest absolute Gasteiger partial charge is 0.465 e. The molecule has 4 aromatic rings. The van der Waals surface area contributed by atoms with Crippen molar-refractivity contribution < 1.29 is 23.9 Å². The zero-order valence-corrected chi connectivity index (χ0v) is 21.4. The van der Waals surface area contributed by atoms with Crippen molar-refractivity contribution in [3.8, 4) is 0 Å². The van der Waals surface area contributed by atoms with Gasteiger partial charge >= 0.3 is 12.0 Å². The van der Waals surface area contributed by atoms with Gasteiger partial charge in [-0.1, -0.05) is 59.6 Å². The summed E-state index contributed by atoms with van der Waals surface area (Å²) in [7, 11) is 1.33. The molecule has 0 atom stereocenters. The van der Waals surface area contributed by atoms with Crippen molar-refractivity contribution in [1.29, 1.82) is 0 Å². The summed E-state index contributed by atoms with van der Waals surface area (Å²) < 4.78 is 6.76. The highest BCUT2D eigenvalue weighted by atomic mass is 35.5. The molecule has 8 nitrogen and oxygen atoms in total. The van der Waals surface area contributed by atoms with Crippen molar-refractivity contribution in [3.05, 3.63) is 105 Å². The van der Waals surface area contributed by atoms with Gasteiger partial charge in [0.2, 0.25) is 0 Å². The van der Waals surface area contributed by atoms with E-state index in [1.807, 2.05) is 34.9 Å². The molecule has 0 spiro atoms. The average Bonchev–Trinajstić information content (AvgIpc) is 3.25. The number of nitrogens with one attached hydrogen (secondary N) is 1. The van der Waals surface area contributed by atoms with Crippen molar-refractivity contribution >= 4 is 69.7 Å². The van der Waals surface area contributed by atoms with Crippen LogP contribution in [-0.2, 0) is 20.9 Å². The number of hydrogen-bond donors (Lipinski definition) is 1. The SMILES string of the molecule is COC(=O)c1cccc(Cn2cc(/C=C3\C(=O)NC(=O)N(c4cccc(Cl)c4Cl)C3=O)c3ccccc32)c1. The number of amides is 4. The van der Waals surface area contributed by atoms with E-state index in [0.717, 1.165) is 21.4 Å². The average molecular weight is 548 g/mol. The number of barbiturate groups is 1. The molecule has 0 bridgehead atoms. The zero-order chi connectivity index (χ0) is 27.0. The van der Waals surface area contributed by atoms with Crippen LogP contribution in [0.25, 0.3) is 17.0 Å². The highest BCUT2D eigenvalue weighted by Crippen LogP contribution is 2.35. The van der Waals surface area contributed by atoms with E-state index in [1.165, 1.54) is 25.3 Å². The number of para-hydroxylation sites is 1. The Balaban J connectivity index is 1.56. The van der Waals surface area contributed by atoms with Crippen molar-refractivity contribution in [3.63, 3.8) is 0 Å². The molecule has 1 aliphatic rings. The summed E-state index contributed by atoms with van der Waals surface area (Å²) in [5.74, 6) is -2.09. The number of ether oxygens (including phenoxy) is 1. The quantitative estimate of drug-likeness (QED) is 0.203. The number of carbonyl (C=O) groups is 4. The Morgan fingerprint density at radius 1 is 1.00 bits per heavy atom. The van der Waals surface area contributed by atoms with Crippen LogP contribution in [0.1, 0.15) is 21.5 Å². The van der Waals surface area contributed by atoms with Gasteiger partial charge in [-0.2, -0.15) is 0 Å². The number of carbonyl (C=O) groups excluding carboxylic acids is 4. The van der Waals surface area contributed by atoms with Gasteiger partial charge in [-0.25, -0.2) is 14.5 Å². The number of imide groups is 2. The summed E-state index contributed by atoms with van der Waals surface area (Å²) in [6.07, 6.45) is 3.25. The lowest BCUT2D eigenvalue weighted by atomic mass is 10.1. The molecule has 2 heterocycles. The molecule has 0 radical (unpaired) electrons. The lowest BCUT2D eigenvalue weighted by Crippen LogP contribution is -2.54. The molecule has 1 aliphatic heterocycles.